The van der Waals surface area contributed by atoms with Crippen LogP contribution in [0.15, 0.2) is 83.0 Å². The summed E-state index contributed by atoms with van der Waals surface area (Å²) in [7, 11) is 0. The second kappa shape index (κ2) is 23.3. The van der Waals surface area contributed by atoms with Gasteiger partial charge in [0.1, 0.15) is 17.4 Å². The fraction of sp³-hybridized carbons (Fsp3) is 0.425. The monoisotopic (exact) mass is 728 g/mol. The lowest BCUT2D eigenvalue weighted by molar-refractivity contribution is -0.122. The van der Waals surface area contributed by atoms with E-state index in [0.717, 1.165) is 30.7 Å². The van der Waals surface area contributed by atoms with Gasteiger partial charge in [0.25, 0.3) is 0 Å². The Balaban J connectivity index is 0.000000294. The van der Waals surface area contributed by atoms with Crippen molar-refractivity contribution in [2.45, 2.75) is 65.8 Å². The number of carbonyl (C=O) groups is 2. The molecule has 0 bridgehead atoms. The van der Waals surface area contributed by atoms with E-state index in [1.165, 1.54) is 16.7 Å². The quantitative estimate of drug-likeness (QED) is 0.0537. The SMILES string of the molecule is C/C(N)=N/N=C(\N)c1ccc(OCCCNC(=O)CCOCCOCC(C)C)cc1.N=C(CCC(N)=O)N1Cc2ccccc2CCc2ccccc21. The van der Waals surface area contributed by atoms with Crippen molar-refractivity contribution in [3.63, 3.8) is 0 Å². The molecule has 3 aromatic rings. The molecule has 8 N–H and O–H groups in total. The van der Waals surface area contributed by atoms with Crippen molar-refractivity contribution in [2.24, 2.45) is 33.3 Å². The summed E-state index contributed by atoms with van der Waals surface area (Å²) in [6.07, 6.45) is 3.57. The summed E-state index contributed by atoms with van der Waals surface area (Å²) in [6, 6.07) is 23.8. The summed E-state index contributed by atoms with van der Waals surface area (Å²) >= 11 is 0. The minimum Gasteiger partial charge on any atom is -0.494 e. The third-order valence-corrected chi connectivity index (χ3v) is 8.00. The number of hydrogen-bond acceptors (Lipinski definition) is 8. The van der Waals surface area contributed by atoms with Crippen molar-refractivity contribution in [3.05, 3.63) is 95.1 Å². The standard InChI is InChI=1S/C21H35N5O4.C19H21N3O/c1-16(2)15-29-14-13-28-12-9-20(27)24-10-4-11-30-19-7-5-18(6-8-19)21(23)26-25-17(3)22;20-18(11-12-19(21)23)22-13-16-7-2-1-5-14(16)9-10-15-6-3-4-8-17(15)22/h5-8,16H,4,9-15H2,1-3H3,(H2,22,25)(H2,23,26)(H,24,27);1-8,20H,9-13H2,(H2,21,23). The number of primary amides is 1. The van der Waals surface area contributed by atoms with Gasteiger partial charge in [0, 0.05) is 50.2 Å². The molecule has 286 valence electrons. The van der Waals surface area contributed by atoms with Crippen LogP contribution in [0.25, 0.3) is 0 Å². The fourth-order valence-electron chi connectivity index (χ4n) is 5.28. The van der Waals surface area contributed by atoms with Gasteiger partial charge in [-0.1, -0.05) is 56.3 Å². The molecular formula is C40H56N8O5. The van der Waals surface area contributed by atoms with E-state index in [1.54, 1.807) is 31.2 Å². The van der Waals surface area contributed by atoms with E-state index < -0.39 is 0 Å². The molecule has 0 radical (unpaired) electrons. The zero-order chi connectivity index (χ0) is 38.4. The molecule has 0 aromatic heterocycles. The Kier molecular flexibility index (Phi) is 18.5. The number of ether oxygens (including phenoxy) is 3. The first-order valence-corrected chi connectivity index (χ1v) is 18.1. The minimum atomic E-state index is -0.365. The van der Waals surface area contributed by atoms with Gasteiger partial charge in [-0.25, -0.2) is 0 Å². The average Bonchev–Trinajstić information content (AvgIpc) is 3.13. The Labute approximate surface area is 313 Å². The second-order valence-corrected chi connectivity index (χ2v) is 13.0. The molecule has 1 aliphatic rings. The molecule has 0 saturated carbocycles. The molecule has 13 nitrogen and oxygen atoms in total. The van der Waals surface area contributed by atoms with E-state index in [1.807, 2.05) is 23.1 Å². The third-order valence-electron chi connectivity index (χ3n) is 8.00. The van der Waals surface area contributed by atoms with E-state index in [-0.39, 0.29) is 24.1 Å². The Hall–Kier alpha value is -5.27. The number of benzene rings is 3. The first-order valence-electron chi connectivity index (χ1n) is 18.1. The van der Waals surface area contributed by atoms with Crippen LogP contribution >= 0.6 is 0 Å². The molecule has 0 spiro atoms. The first-order chi connectivity index (χ1) is 25.5. The molecule has 0 aliphatic carbocycles. The molecule has 4 rings (SSSR count). The number of nitrogens with two attached hydrogens (primary N) is 3. The Morgan fingerprint density at radius 1 is 0.811 bits per heavy atom. The summed E-state index contributed by atoms with van der Waals surface area (Å²) in [6.45, 7) is 9.70. The highest BCUT2D eigenvalue weighted by atomic mass is 16.5. The van der Waals surface area contributed by atoms with Crippen LogP contribution < -0.4 is 32.2 Å². The molecule has 1 heterocycles. The van der Waals surface area contributed by atoms with Crippen LogP contribution in [0.5, 0.6) is 5.75 Å². The van der Waals surface area contributed by atoms with E-state index in [2.05, 4.69) is 59.7 Å². The van der Waals surface area contributed by atoms with Gasteiger partial charge < -0.3 is 41.6 Å². The normalized spacial score (nSPS) is 12.8. The molecule has 0 fully saturated rings. The number of anilines is 1. The highest BCUT2D eigenvalue weighted by molar-refractivity contribution is 5.98. The summed E-state index contributed by atoms with van der Waals surface area (Å²) < 4.78 is 16.4. The number of para-hydroxylation sites is 1. The average molecular weight is 729 g/mol. The second-order valence-electron chi connectivity index (χ2n) is 13.0. The van der Waals surface area contributed by atoms with Gasteiger partial charge >= 0.3 is 0 Å². The minimum absolute atomic E-state index is 0.0346. The van der Waals surface area contributed by atoms with Gasteiger partial charge in [0.2, 0.25) is 11.8 Å². The lowest BCUT2D eigenvalue weighted by Gasteiger charge is -2.30. The number of nitrogens with one attached hydrogen (secondary N) is 2. The van der Waals surface area contributed by atoms with Crippen LogP contribution in [0, 0.1) is 11.3 Å². The number of fused-ring (bicyclic) bond motifs is 2. The van der Waals surface area contributed by atoms with Crippen molar-refractivity contribution in [1.82, 2.24) is 5.32 Å². The molecule has 1 aliphatic heterocycles. The zero-order valence-corrected chi connectivity index (χ0v) is 31.3. The molecule has 0 atom stereocenters. The molecule has 2 amide bonds. The van der Waals surface area contributed by atoms with Crippen molar-refractivity contribution < 1.29 is 23.8 Å². The van der Waals surface area contributed by atoms with E-state index in [4.69, 9.17) is 36.8 Å². The van der Waals surface area contributed by atoms with E-state index in [0.29, 0.717) is 82.1 Å². The van der Waals surface area contributed by atoms with Gasteiger partial charge in [0.05, 0.1) is 26.4 Å². The van der Waals surface area contributed by atoms with Crippen LogP contribution in [0.1, 0.15) is 68.7 Å². The summed E-state index contributed by atoms with van der Waals surface area (Å²) in [5, 5.41) is 18.8. The van der Waals surface area contributed by atoms with Crippen molar-refractivity contribution >= 4 is 35.0 Å². The Morgan fingerprint density at radius 2 is 1.47 bits per heavy atom. The predicted octanol–water partition coefficient (Wildman–Crippen LogP) is 4.68. The molecule has 3 aromatic carbocycles. The van der Waals surface area contributed by atoms with Crippen LogP contribution in [-0.4, -0.2) is 68.9 Å². The zero-order valence-electron chi connectivity index (χ0n) is 31.3. The lowest BCUT2D eigenvalue weighted by atomic mass is 9.95. The smallest absolute Gasteiger partial charge is 0.222 e. The fourth-order valence-corrected chi connectivity index (χ4v) is 5.28. The van der Waals surface area contributed by atoms with Gasteiger partial charge in [-0.15, -0.1) is 10.2 Å². The van der Waals surface area contributed by atoms with Crippen molar-refractivity contribution in [3.8, 4) is 5.75 Å². The van der Waals surface area contributed by atoms with Gasteiger partial charge in [-0.05, 0) is 79.1 Å². The highest BCUT2D eigenvalue weighted by Crippen LogP contribution is 2.29. The molecule has 13 heteroatoms. The third kappa shape index (κ3) is 16.3. The number of rotatable bonds is 18. The number of amides is 2. The van der Waals surface area contributed by atoms with Crippen LogP contribution in [0.4, 0.5) is 5.69 Å². The molecule has 53 heavy (non-hydrogen) atoms. The topological polar surface area (TPSA) is 204 Å². The van der Waals surface area contributed by atoms with Gasteiger partial charge in [-0.3, -0.25) is 15.0 Å². The van der Waals surface area contributed by atoms with Crippen LogP contribution in [0.3, 0.4) is 0 Å². The number of hydrogen-bond donors (Lipinski definition) is 5. The molecule has 0 saturated heterocycles. The maximum Gasteiger partial charge on any atom is 0.222 e. The maximum atomic E-state index is 11.7. The number of carbonyl (C=O) groups excluding carboxylic acids is 2. The van der Waals surface area contributed by atoms with Crippen molar-refractivity contribution in [2.75, 3.05) is 44.5 Å². The summed E-state index contributed by atoms with van der Waals surface area (Å²) in [5.74, 6) is 1.88. The summed E-state index contributed by atoms with van der Waals surface area (Å²) in [5.41, 5.74) is 22.1. The van der Waals surface area contributed by atoms with Crippen LogP contribution in [0.2, 0.25) is 0 Å². The van der Waals surface area contributed by atoms with Gasteiger partial charge in [-0.2, -0.15) is 0 Å². The number of aryl methyl sites for hydroxylation is 2. The summed E-state index contributed by atoms with van der Waals surface area (Å²) in [4.78, 5) is 24.8. The highest BCUT2D eigenvalue weighted by Gasteiger charge is 2.20. The molecular weight excluding hydrogens is 672 g/mol. The first kappa shape index (κ1) is 42.1. The number of nitrogens with zero attached hydrogens (tertiary/aromatic N) is 3. The van der Waals surface area contributed by atoms with E-state index in [9.17, 15) is 9.59 Å². The lowest BCUT2D eigenvalue weighted by Crippen LogP contribution is -2.32. The predicted molar refractivity (Wildman–Crippen MR) is 211 cm³/mol. The molecule has 0 unspecified atom stereocenters. The Morgan fingerprint density at radius 3 is 2.17 bits per heavy atom. The van der Waals surface area contributed by atoms with E-state index >= 15 is 0 Å². The van der Waals surface area contributed by atoms with Crippen molar-refractivity contribution in [1.29, 1.82) is 5.41 Å². The number of amidine groups is 3. The largest absolute Gasteiger partial charge is 0.494 e. The van der Waals surface area contributed by atoms with Crippen LogP contribution in [-0.2, 0) is 38.4 Å². The Bertz CT molecular complexity index is 1650. The van der Waals surface area contributed by atoms with Gasteiger partial charge in [0.15, 0.2) is 5.84 Å². The maximum absolute atomic E-state index is 11.7.